The van der Waals surface area contributed by atoms with Crippen LogP contribution in [-0.4, -0.2) is 24.8 Å². The Morgan fingerprint density at radius 2 is 1.54 bits per heavy atom. The largest absolute Gasteiger partial charge is 0.372 e. The smallest absolute Gasteiger partial charge is 0.224 e. The third-order valence-electron chi connectivity index (χ3n) is 7.44. The first-order valence-corrected chi connectivity index (χ1v) is 12.8. The molecule has 5 rings (SSSR count). The van der Waals surface area contributed by atoms with Crippen LogP contribution in [0.5, 0.6) is 0 Å². The molecule has 2 aliphatic rings. The number of carbonyl (C=O) groups excluding carboxylic acids is 2. The number of anilines is 3. The summed E-state index contributed by atoms with van der Waals surface area (Å²) < 4.78 is 0. The van der Waals surface area contributed by atoms with Gasteiger partial charge in [0.05, 0.1) is 17.4 Å². The Hall–Kier alpha value is -3.57. The van der Waals surface area contributed by atoms with Gasteiger partial charge in [0.25, 0.3) is 0 Å². The predicted octanol–water partition coefficient (Wildman–Crippen LogP) is 6.88. The zero-order valence-electron chi connectivity index (χ0n) is 21.6. The molecular weight excluding hydrogens is 482 g/mol. The van der Waals surface area contributed by atoms with Crippen LogP contribution in [0.1, 0.15) is 56.7 Å². The van der Waals surface area contributed by atoms with Crippen LogP contribution in [0.4, 0.5) is 17.1 Å². The molecule has 0 bridgehead atoms. The van der Waals surface area contributed by atoms with E-state index in [0.717, 1.165) is 42.1 Å². The first kappa shape index (κ1) is 26.5. The molecule has 1 N–H and O–H groups in total. The maximum atomic E-state index is 13.9. The molecular formula is C31H34ClN3O2. The third-order valence-corrected chi connectivity index (χ3v) is 7.44. The minimum Gasteiger partial charge on any atom is -0.372 e. The van der Waals surface area contributed by atoms with Crippen molar-refractivity contribution in [2.24, 2.45) is 0 Å². The normalized spacial score (nSPS) is 18.7. The molecule has 0 radical (unpaired) electrons. The van der Waals surface area contributed by atoms with Crippen LogP contribution in [0.25, 0.3) is 0 Å². The zero-order valence-corrected chi connectivity index (χ0v) is 22.4. The van der Waals surface area contributed by atoms with Crippen LogP contribution in [0.3, 0.4) is 0 Å². The van der Waals surface area contributed by atoms with Gasteiger partial charge in [-0.25, -0.2) is 0 Å². The lowest BCUT2D eigenvalue weighted by Crippen LogP contribution is -2.37. The van der Waals surface area contributed by atoms with Crippen LogP contribution in [0.15, 0.2) is 90.1 Å². The van der Waals surface area contributed by atoms with Gasteiger partial charge in [-0.15, -0.1) is 12.4 Å². The van der Waals surface area contributed by atoms with E-state index >= 15 is 0 Å². The van der Waals surface area contributed by atoms with Crippen LogP contribution >= 0.6 is 12.4 Å². The monoisotopic (exact) mass is 515 g/mol. The van der Waals surface area contributed by atoms with Gasteiger partial charge < -0.3 is 10.2 Å². The number of ketones is 1. The Labute approximate surface area is 225 Å². The minimum absolute atomic E-state index is 0. The second-order valence-corrected chi connectivity index (χ2v) is 9.53. The van der Waals surface area contributed by atoms with Crippen LogP contribution in [0.2, 0.25) is 0 Å². The second-order valence-electron chi connectivity index (χ2n) is 9.53. The third kappa shape index (κ3) is 5.01. The lowest BCUT2D eigenvalue weighted by molar-refractivity contribution is -0.117. The van der Waals surface area contributed by atoms with Crippen molar-refractivity contribution in [2.75, 3.05) is 28.2 Å². The number of nitrogens with zero attached hydrogens (tertiary/aromatic N) is 2. The molecule has 3 aromatic rings. The quantitative estimate of drug-likeness (QED) is 0.402. The molecule has 0 aromatic heterocycles. The number of hydrogen-bond donors (Lipinski definition) is 1. The molecule has 192 valence electrons. The maximum Gasteiger partial charge on any atom is 0.224 e. The number of amides is 1. The maximum absolute atomic E-state index is 13.9. The van der Waals surface area contributed by atoms with Gasteiger partial charge >= 0.3 is 0 Å². The summed E-state index contributed by atoms with van der Waals surface area (Å²) >= 11 is 0. The summed E-state index contributed by atoms with van der Waals surface area (Å²) in [6, 6.07) is 25.9. The molecule has 0 saturated carbocycles. The van der Waals surface area contributed by atoms with Crippen molar-refractivity contribution in [1.29, 1.82) is 0 Å². The average molecular weight is 516 g/mol. The summed E-state index contributed by atoms with van der Waals surface area (Å²) in [5, 5.41) is 3.58. The number of carbonyl (C=O) groups is 2. The number of rotatable bonds is 5. The van der Waals surface area contributed by atoms with E-state index in [-0.39, 0.29) is 30.0 Å². The number of hydrogen-bond acceptors (Lipinski definition) is 4. The van der Waals surface area contributed by atoms with Gasteiger partial charge in [0.2, 0.25) is 5.91 Å². The number of allylic oxidation sites excluding steroid dienone is 1. The number of halogens is 1. The Balaban J connectivity index is 0.00000320. The molecule has 1 amide bonds. The molecule has 1 aliphatic carbocycles. The summed E-state index contributed by atoms with van der Waals surface area (Å²) in [4.78, 5) is 31.0. The summed E-state index contributed by atoms with van der Waals surface area (Å²) in [6.45, 7) is 7.82. The molecule has 6 heteroatoms. The van der Waals surface area contributed by atoms with Gasteiger partial charge in [0.15, 0.2) is 5.78 Å². The number of benzene rings is 3. The van der Waals surface area contributed by atoms with Crippen LogP contribution < -0.4 is 15.1 Å². The fraction of sp³-hybridized carbons (Fsp3) is 0.290. The second kappa shape index (κ2) is 11.2. The molecule has 0 fully saturated rings. The van der Waals surface area contributed by atoms with E-state index in [4.69, 9.17) is 0 Å². The SMILES string of the molecule is CCN(CC)c1ccc(C2CC(=O)C3=C(C2)Nc2ccccc2N(C(C)=O)C3c2ccccc2)cc1.Cl. The van der Waals surface area contributed by atoms with Gasteiger partial charge in [0.1, 0.15) is 0 Å². The van der Waals surface area contributed by atoms with Gasteiger partial charge in [-0.3, -0.25) is 14.5 Å². The zero-order chi connectivity index (χ0) is 25.2. The van der Waals surface area contributed by atoms with E-state index in [0.29, 0.717) is 12.0 Å². The number of fused-ring (bicyclic) bond motifs is 1. The van der Waals surface area contributed by atoms with E-state index in [1.165, 1.54) is 11.3 Å². The average Bonchev–Trinajstić information content (AvgIpc) is 3.05. The molecule has 0 spiro atoms. The minimum atomic E-state index is -0.464. The van der Waals surface area contributed by atoms with Crippen LogP contribution in [0, 0.1) is 0 Å². The highest BCUT2D eigenvalue weighted by Gasteiger charge is 2.40. The first-order valence-electron chi connectivity index (χ1n) is 12.8. The van der Waals surface area contributed by atoms with Gasteiger partial charge in [0, 0.05) is 43.4 Å². The number of nitrogens with one attached hydrogen (secondary N) is 1. The summed E-state index contributed by atoms with van der Waals surface area (Å²) in [5.41, 5.74) is 6.57. The molecule has 2 atom stereocenters. The highest BCUT2D eigenvalue weighted by Crippen LogP contribution is 2.47. The molecule has 5 nitrogen and oxygen atoms in total. The lowest BCUT2D eigenvalue weighted by atomic mass is 9.78. The van der Waals surface area contributed by atoms with Crippen molar-refractivity contribution < 1.29 is 9.59 Å². The Morgan fingerprint density at radius 1 is 0.892 bits per heavy atom. The lowest BCUT2D eigenvalue weighted by Gasteiger charge is -2.34. The Morgan fingerprint density at radius 3 is 2.19 bits per heavy atom. The first-order chi connectivity index (χ1) is 17.5. The molecule has 1 aliphatic heterocycles. The van der Waals surface area contributed by atoms with E-state index in [2.05, 4.69) is 48.3 Å². The van der Waals surface area contributed by atoms with Crippen molar-refractivity contribution in [3.8, 4) is 0 Å². The highest BCUT2D eigenvalue weighted by molar-refractivity contribution is 6.06. The van der Waals surface area contributed by atoms with Gasteiger partial charge in [-0.1, -0.05) is 54.6 Å². The van der Waals surface area contributed by atoms with E-state index in [9.17, 15) is 9.59 Å². The van der Waals surface area contributed by atoms with E-state index in [1.807, 2.05) is 54.6 Å². The van der Waals surface area contributed by atoms with Crippen molar-refractivity contribution in [1.82, 2.24) is 0 Å². The van der Waals surface area contributed by atoms with Crippen molar-refractivity contribution in [3.05, 3.63) is 101 Å². The predicted molar refractivity (Wildman–Crippen MR) is 154 cm³/mol. The van der Waals surface area contributed by atoms with Crippen LogP contribution in [-0.2, 0) is 9.59 Å². The molecule has 3 aromatic carbocycles. The fourth-order valence-corrected chi connectivity index (χ4v) is 5.67. The molecule has 1 heterocycles. The standard InChI is InChI=1S/C31H33N3O2.ClH/c1-4-33(5-2)25-17-15-22(16-18-25)24-19-27-30(29(36)20-24)31(23-11-7-6-8-12-23)34(21(3)35)28-14-10-9-13-26(28)32-27;/h6-18,24,31-32H,4-5,19-20H2,1-3H3;1H. The number of Topliss-reactive ketones (excluding diaryl/α,β-unsaturated/α-hetero) is 1. The summed E-state index contributed by atoms with van der Waals surface area (Å²) in [5.74, 6) is 0.0882. The summed E-state index contributed by atoms with van der Waals surface area (Å²) in [6.07, 6.45) is 1.14. The van der Waals surface area contributed by atoms with E-state index < -0.39 is 6.04 Å². The van der Waals surface area contributed by atoms with Gasteiger partial charge in [-0.05, 0) is 61.6 Å². The number of para-hydroxylation sites is 2. The molecule has 37 heavy (non-hydrogen) atoms. The van der Waals surface area contributed by atoms with Crippen molar-refractivity contribution >= 4 is 41.2 Å². The molecule has 0 saturated heterocycles. The van der Waals surface area contributed by atoms with Crippen molar-refractivity contribution in [2.45, 2.75) is 45.6 Å². The van der Waals surface area contributed by atoms with E-state index in [1.54, 1.807) is 11.8 Å². The Kier molecular flexibility index (Phi) is 8.03. The fourth-order valence-electron chi connectivity index (χ4n) is 5.67. The Bertz CT molecular complexity index is 1300. The van der Waals surface area contributed by atoms with Crippen molar-refractivity contribution in [3.63, 3.8) is 0 Å². The summed E-state index contributed by atoms with van der Waals surface area (Å²) in [7, 11) is 0. The highest BCUT2D eigenvalue weighted by atomic mass is 35.5. The molecule has 2 unspecified atom stereocenters. The topological polar surface area (TPSA) is 52.7 Å². The van der Waals surface area contributed by atoms with Gasteiger partial charge in [-0.2, -0.15) is 0 Å².